The summed E-state index contributed by atoms with van der Waals surface area (Å²) in [4.78, 5) is 12.1. The molecule has 1 aromatic rings. The molecule has 1 unspecified atom stereocenters. The molecular weight excluding hydrogens is 252 g/mol. The Morgan fingerprint density at radius 2 is 2.10 bits per heavy atom. The first-order chi connectivity index (χ1) is 9.65. The van der Waals surface area contributed by atoms with Gasteiger partial charge < -0.3 is 15.7 Å². The highest BCUT2D eigenvalue weighted by Gasteiger charge is 2.32. The van der Waals surface area contributed by atoms with Crippen molar-refractivity contribution in [3.05, 3.63) is 35.4 Å². The molecule has 1 saturated carbocycles. The number of hydrogen-bond acceptors (Lipinski definition) is 2. The molecule has 0 heterocycles. The highest BCUT2D eigenvalue weighted by molar-refractivity contribution is 5.75. The Kier molecular flexibility index (Phi) is 3.66. The predicted octanol–water partition coefficient (Wildman–Crippen LogP) is 2.13. The summed E-state index contributed by atoms with van der Waals surface area (Å²) in [5.74, 6) is 0.613. The molecule has 2 aliphatic carbocycles. The van der Waals surface area contributed by atoms with Crippen molar-refractivity contribution in [1.82, 2.24) is 10.6 Å². The molecule has 0 saturated heterocycles. The SMILES string of the molecule is CC(NC(=O)N[C@H]1c2ccccc2C[C@H]1O)C1CCC1. The van der Waals surface area contributed by atoms with Crippen molar-refractivity contribution in [2.75, 3.05) is 0 Å². The molecule has 3 N–H and O–H groups in total. The van der Waals surface area contributed by atoms with E-state index in [1.807, 2.05) is 24.3 Å². The number of hydrogen-bond donors (Lipinski definition) is 3. The van der Waals surface area contributed by atoms with E-state index in [0.29, 0.717) is 12.3 Å². The van der Waals surface area contributed by atoms with Crippen molar-refractivity contribution in [3.8, 4) is 0 Å². The number of nitrogens with one attached hydrogen (secondary N) is 2. The lowest BCUT2D eigenvalue weighted by molar-refractivity contribution is 0.140. The lowest BCUT2D eigenvalue weighted by Crippen LogP contribution is -2.47. The second kappa shape index (κ2) is 5.44. The third-order valence-corrected chi connectivity index (χ3v) is 4.71. The molecule has 0 aromatic heterocycles. The van der Waals surface area contributed by atoms with Crippen LogP contribution in [-0.4, -0.2) is 23.3 Å². The molecule has 4 nitrogen and oxygen atoms in total. The minimum absolute atomic E-state index is 0.176. The molecule has 0 aliphatic heterocycles. The average molecular weight is 274 g/mol. The van der Waals surface area contributed by atoms with Gasteiger partial charge in [-0.1, -0.05) is 30.7 Å². The van der Waals surface area contributed by atoms with Crippen LogP contribution in [0, 0.1) is 5.92 Å². The maximum Gasteiger partial charge on any atom is 0.315 e. The van der Waals surface area contributed by atoms with Crippen molar-refractivity contribution in [3.63, 3.8) is 0 Å². The summed E-state index contributed by atoms with van der Waals surface area (Å²) in [7, 11) is 0. The van der Waals surface area contributed by atoms with Crippen LogP contribution < -0.4 is 10.6 Å². The van der Waals surface area contributed by atoms with Crippen molar-refractivity contribution in [1.29, 1.82) is 0 Å². The molecule has 0 bridgehead atoms. The minimum atomic E-state index is -0.530. The zero-order valence-electron chi connectivity index (χ0n) is 11.8. The zero-order chi connectivity index (χ0) is 14.1. The Labute approximate surface area is 119 Å². The molecule has 3 atom stereocenters. The van der Waals surface area contributed by atoms with Crippen LogP contribution in [0.1, 0.15) is 43.4 Å². The van der Waals surface area contributed by atoms with Crippen molar-refractivity contribution in [2.45, 2.75) is 50.8 Å². The van der Waals surface area contributed by atoms with E-state index in [0.717, 1.165) is 11.1 Å². The monoisotopic (exact) mass is 274 g/mol. The fourth-order valence-electron chi connectivity index (χ4n) is 3.20. The number of fused-ring (bicyclic) bond motifs is 1. The van der Waals surface area contributed by atoms with E-state index in [1.54, 1.807) is 0 Å². The van der Waals surface area contributed by atoms with Crippen LogP contribution in [-0.2, 0) is 6.42 Å². The third kappa shape index (κ3) is 2.52. The number of carbonyl (C=O) groups is 1. The van der Waals surface area contributed by atoms with Gasteiger partial charge in [-0.15, -0.1) is 0 Å². The molecule has 108 valence electrons. The summed E-state index contributed by atoms with van der Waals surface area (Å²) in [6.45, 7) is 2.06. The zero-order valence-corrected chi connectivity index (χ0v) is 11.8. The second-order valence-corrected chi connectivity index (χ2v) is 6.05. The molecule has 2 aliphatic rings. The molecule has 2 amide bonds. The number of rotatable bonds is 3. The van der Waals surface area contributed by atoms with Crippen LogP contribution in [0.25, 0.3) is 0 Å². The number of carbonyl (C=O) groups excluding carboxylic acids is 1. The topological polar surface area (TPSA) is 61.4 Å². The number of aliphatic hydroxyl groups excluding tert-OH is 1. The Hall–Kier alpha value is -1.55. The Morgan fingerprint density at radius 3 is 2.80 bits per heavy atom. The fraction of sp³-hybridized carbons (Fsp3) is 0.562. The molecule has 1 aromatic carbocycles. The summed E-state index contributed by atoms with van der Waals surface area (Å²) < 4.78 is 0. The van der Waals surface area contributed by atoms with E-state index in [9.17, 15) is 9.90 Å². The fourth-order valence-corrected chi connectivity index (χ4v) is 3.20. The summed E-state index contributed by atoms with van der Waals surface area (Å²) in [5, 5.41) is 16.0. The van der Waals surface area contributed by atoms with Crippen LogP contribution in [0.2, 0.25) is 0 Å². The average Bonchev–Trinajstić information content (AvgIpc) is 2.64. The smallest absolute Gasteiger partial charge is 0.315 e. The summed E-state index contributed by atoms with van der Waals surface area (Å²) in [6, 6.07) is 7.64. The maximum absolute atomic E-state index is 12.1. The van der Waals surface area contributed by atoms with Crippen molar-refractivity contribution < 1.29 is 9.90 Å². The Balaban J connectivity index is 1.61. The Morgan fingerprint density at radius 1 is 1.35 bits per heavy atom. The van der Waals surface area contributed by atoms with E-state index >= 15 is 0 Å². The summed E-state index contributed by atoms with van der Waals surface area (Å²) >= 11 is 0. The molecule has 1 fully saturated rings. The first-order valence-corrected chi connectivity index (χ1v) is 7.48. The van der Waals surface area contributed by atoms with Gasteiger partial charge in [0.25, 0.3) is 0 Å². The molecular formula is C16H22N2O2. The van der Waals surface area contributed by atoms with Gasteiger partial charge in [-0.25, -0.2) is 4.79 Å². The van der Waals surface area contributed by atoms with Crippen LogP contribution >= 0.6 is 0 Å². The Bertz CT molecular complexity index is 499. The molecule has 0 radical (unpaired) electrons. The van der Waals surface area contributed by atoms with E-state index < -0.39 is 6.10 Å². The number of aliphatic hydroxyl groups is 1. The van der Waals surface area contributed by atoms with Gasteiger partial charge in [0.05, 0.1) is 12.1 Å². The molecule has 3 rings (SSSR count). The maximum atomic E-state index is 12.1. The van der Waals surface area contributed by atoms with Gasteiger partial charge in [0.2, 0.25) is 0 Å². The van der Waals surface area contributed by atoms with Crippen LogP contribution in [0.5, 0.6) is 0 Å². The van der Waals surface area contributed by atoms with Crippen LogP contribution in [0.4, 0.5) is 4.79 Å². The van der Waals surface area contributed by atoms with Crippen LogP contribution in [0.3, 0.4) is 0 Å². The highest BCUT2D eigenvalue weighted by Crippen LogP contribution is 2.31. The largest absolute Gasteiger partial charge is 0.390 e. The van der Waals surface area contributed by atoms with E-state index in [-0.39, 0.29) is 18.1 Å². The van der Waals surface area contributed by atoms with Gasteiger partial charge in [-0.3, -0.25) is 0 Å². The second-order valence-electron chi connectivity index (χ2n) is 6.05. The van der Waals surface area contributed by atoms with E-state index in [2.05, 4.69) is 17.6 Å². The van der Waals surface area contributed by atoms with Gasteiger partial charge >= 0.3 is 6.03 Å². The molecule has 20 heavy (non-hydrogen) atoms. The van der Waals surface area contributed by atoms with Gasteiger partial charge in [0.15, 0.2) is 0 Å². The number of amides is 2. The summed E-state index contributed by atoms with van der Waals surface area (Å²) in [5.41, 5.74) is 2.16. The quantitative estimate of drug-likeness (QED) is 0.790. The van der Waals surface area contributed by atoms with E-state index in [4.69, 9.17) is 0 Å². The first kappa shape index (κ1) is 13.4. The minimum Gasteiger partial charge on any atom is -0.390 e. The number of urea groups is 1. The molecule has 4 heteroatoms. The van der Waals surface area contributed by atoms with Crippen LogP contribution in [0.15, 0.2) is 24.3 Å². The van der Waals surface area contributed by atoms with Gasteiger partial charge in [0.1, 0.15) is 0 Å². The van der Waals surface area contributed by atoms with E-state index in [1.165, 1.54) is 19.3 Å². The summed E-state index contributed by atoms with van der Waals surface area (Å²) in [6.07, 6.45) is 3.76. The first-order valence-electron chi connectivity index (χ1n) is 7.48. The van der Waals surface area contributed by atoms with Gasteiger partial charge in [-0.05, 0) is 36.8 Å². The van der Waals surface area contributed by atoms with Crippen molar-refractivity contribution >= 4 is 6.03 Å². The van der Waals surface area contributed by atoms with Gasteiger partial charge in [0, 0.05) is 12.5 Å². The van der Waals surface area contributed by atoms with Gasteiger partial charge in [-0.2, -0.15) is 0 Å². The highest BCUT2D eigenvalue weighted by atomic mass is 16.3. The molecule has 0 spiro atoms. The number of benzene rings is 1. The van der Waals surface area contributed by atoms with Crippen molar-refractivity contribution in [2.24, 2.45) is 5.92 Å². The lowest BCUT2D eigenvalue weighted by Gasteiger charge is -2.32. The lowest BCUT2D eigenvalue weighted by atomic mass is 9.80. The normalized spacial score (nSPS) is 26.5. The predicted molar refractivity (Wildman–Crippen MR) is 77.4 cm³/mol. The standard InChI is InChI=1S/C16H22N2O2/c1-10(11-6-4-7-11)17-16(20)18-15-13-8-3-2-5-12(13)9-14(15)19/h2-3,5,8,10-11,14-15,19H,4,6-7,9H2,1H3,(H2,17,18,20)/t10?,14-,15+/m1/s1. The third-order valence-electron chi connectivity index (χ3n) is 4.71.